The lowest BCUT2D eigenvalue weighted by molar-refractivity contribution is 0.397. The Kier molecular flexibility index (Phi) is 4.70. The number of nitrogens with one attached hydrogen (secondary N) is 1. The van der Waals surface area contributed by atoms with Crippen LogP contribution < -0.4 is 15.8 Å². The maximum absolute atomic E-state index is 5.78. The molecule has 0 aromatic carbocycles. The van der Waals surface area contributed by atoms with Crippen molar-refractivity contribution in [2.45, 2.75) is 26.3 Å². The van der Waals surface area contributed by atoms with Gasteiger partial charge in [0.05, 0.1) is 7.11 Å². The molecule has 2 heterocycles. The van der Waals surface area contributed by atoms with E-state index in [0.717, 1.165) is 30.0 Å². The van der Waals surface area contributed by atoms with Gasteiger partial charge in [0, 0.05) is 31.3 Å². The van der Waals surface area contributed by atoms with E-state index >= 15 is 0 Å². The number of aromatic nitrogens is 3. The molecule has 2 rings (SSSR count). The largest absolute Gasteiger partial charge is 0.481 e. The topological polar surface area (TPSA) is 86.0 Å². The van der Waals surface area contributed by atoms with Gasteiger partial charge < -0.3 is 15.8 Å². The highest BCUT2D eigenvalue weighted by Gasteiger charge is 2.03. The van der Waals surface area contributed by atoms with E-state index in [4.69, 9.17) is 10.5 Å². The van der Waals surface area contributed by atoms with Gasteiger partial charge >= 0.3 is 0 Å². The lowest BCUT2D eigenvalue weighted by Gasteiger charge is -2.08. The first kappa shape index (κ1) is 14.0. The number of nitrogen functional groups attached to an aromatic ring is 1. The quantitative estimate of drug-likeness (QED) is 0.837. The fourth-order valence-electron chi connectivity index (χ4n) is 1.81. The van der Waals surface area contributed by atoms with E-state index in [1.165, 1.54) is 0 Å². The Morgan fingerprint density at radius 1 is 1.30 bits per heavy atom. The molecule has 0 saturated heterocycles. The van der Waals surface area contributed by atoms with Crippen LogP contribution in [0, 0.1) is 0 Å². The molecule has 0 spiro atoms. The van der Waals surface area contributed by atoms with Crippen LogP contribution in [-0.4, -0.2) is 22.1 Å². The van der Waals surface area contributed by atoms with Crippen molar-refractivity contribution in [1.29, 1.82) is 0 Å². The number of nitrogens with two attached hydrogens (primary N) is 1. The van der Waals surface area contributed by atoms with Crippen molar-refractivity contribution in [1.82, 2.24) is 15.0 Å². The lowest BCUT2D eigenvalue weighted by atomic mass is 10.2. The first-order valence-electron chi connectivity index (χ1n) is 6.57. The molecule has 0 unspecified atom stereocenters. The Balaban J connectivity index is 2.06. The van der Waals surface area contributed by atoms with Gasteiger partial charge in [-0.3, -0.25) is 0 Å². The number of hydrogen-bond acceptors (Lipinski definition) is 6. The third-order valence-electron chi connectivity index (χ3n) is 2.75. The molecular weight excluding hydrogens is 254 g/mol. The van der Waals surface area contributed by atoms with Gasteiger partial charge in [0.25, 0.3) is 0 Å². The van der Waals surface area contributed by atoms with Crippen molar-refractivity contribution < 1.29 is 4.74 Å². The number of nitrogens with zero attached hydrogens (tertiary/aromatic N) is 3. The predicted molar refractivity (Wildman–Crippen MR) is 78.6 cm³/mol. The molecule has 6 nitrogen and oxygen atoms in total. The highest BCUT2D eigenvalue weighted by Crippen LogP contribution is 2.13. The Hall–Kier alpha value is -2.37. The minimum atomic E-state index is 0.484. The number of methoxy groups -OCH3 is 1. The van der Waals surface area contributed by atoms with E-state index in [1.54, 1.807) is 19.4 Å². The van der Waals surface area contributed by atoms with Crippen LogP contribution in [0.5, 0.6) is 5.88 Å². The maximum atomic E-state index is 5.78. The van der Waals surface area contributed by atoms with Crippen LogP contribution in [0.1, 0.15) is 24.7 Å². The monoisotopic (exact) mass is 273 g/mol. The molecule has 6 heteroatoms. The average molecular weight is 273 g/mol. The van der Waals surface area contributed by atoms with E-state index in [2.05, 4.69) is 27.2 Å². The zero-order valence-electron chi connectivity index (χ0n) is 11.8. The first-order chi connectivity index (χ1) is 9.71. The molecule has 0 atom stereocenters. The van der Waals surface area contributed by atoms with Crippen LogP contribution in [0.15, 0.2) is 24.4 Å². The van der Waals surface area contributed by atoms with Crippen molar-refractivity contribution in [2.75, 3.05) is 18.2 Å². The van der Waals surface area contributed by atoms with Gasteiger partial charge in [-0.2, -0.15) is 0 Å². The maximum Gasteiger partial charge on any atom is 0.213 e. The highest BCUT2D eigenvalue weighted by molar-refractivity contribution is 5.45. The van der Waals surface area contributed by atoms with Gasteiger partial charge in [-0.1, -0.05) is 6.92 Å². The molecule has 0 aliphatic heterocycles. The van der Waals surface area contributed by atoms with Crippen molar-refractivity contribution in [2.24, 2.45) is 0 Å². The molecule has 2 aromatic rings. The van der Waals surface area contributed by atoms with Crippen molar-refractivity contribution in [3.63, 3.8) is 0 Å². The number of anilines is 2. The normalized spacial score (nSPS) is 10.3. The van der Waals surface area contributed by atoms with Gasteiger partial charge in [-0.25, -0.2) is 15.0 Å². The van der Waals surface area contributed by atoms with Crippen LogP contribution in [0.3, 0.4) is 0 Å². The van der Waals surface area contributed by atoms with Crippen molar-refractivity contribution in [3.8, 4) is 5.88 Å². The molecule has 2 aromatic heterocycles. The Morgan fingerprint density at radius 3 is 2.90 bits per heavy atom. The van der Waals surface area contributed by atoms with Crippen LogP contribution in [0.2, 0.25) is 0 Å². The second-order valence-corrected chi connectivity index (χ2v) is 4.40. The molecule has 0 bridgehead atoms. The predicted octanol–water partition coefficient (Wildman–Crippen LogP) is 2.03. The summed E-state index contributed by atoms with van der Waals surface area (Å²) in [7, 11) is 1.60. The summed E-state index contributed by atoms with van der Waals surface area (Å²) in [4.78, 5) is 12.7. The van der Waals surface area contributed by atoms with Crippen LogP contribution in [0.25, 0.3) is 0 Å². The van der Waals surface area contributed by atoms with Gasteiger partial charge in [-0.15, -0.1) is 0 Å². The summed E-state index contributed by atoms with van der Waals surface area (Å²) < 4.78 is 5.09. The molecule has 0 saturated carbocycles. The standard InChI is InChI=1S/C14H19N5O/c1-3-4-12-18-11(15)8-13(19-12)17-9-10-5-6-16-14(7-10)20-2/h5-8H,3-4,9H2,1-2H3,(H3,15,17,18,19). The molecule has 0 radical (unpaired) electrons. The summed E-state index contributed by atoms with van der Waals surface area (Å²) in [6, 6.07) is 5.54. The molecule has 0 amide bonds. The lowest BCUT2D eigenvalue weighted by Crippen LogP contribution is -2.06. The Labute approximate surface area is 118 Å². The second kappa shape index (κ2) is 6.70. The summed E-state index contributed by atoms with van der Waals surface area (Å²) in [5.74, 6) is 2.58. The van der Waals surface area contributed by atoms with Crippen LogP contribution in [-0.2, 0) is 13.0 Å². The zero-order valence-corrected chi connectivity index (χ0v) is 11.8. The molecule has 0 aliphatic rings. The summed E-state index contributed by atoms with van der Waals surface area (Å²) >= 11 is 0. The van der Waals surface area contributed by atoms with Gasteiger partial charge in [-0.05, 0) is 18.1 Å². The highest BCUT2D eigenvalue weighted by atomic mass is 16.5. The molecule has 106 valence electrons. The minimum absolute atomic E-state index is 0.484. The van der Waals surface area contributed by atoms with E-state index in [-0.39, 0.29) is 0 Å². The fraction of sp³-hybridized carbons (Fsp3) is 0.357. The smallest absolute Gasteiger partial charge is 0.213 e. The van der Waals surface area contributed by atoms with Gasteiger partial charge in [0.1, 0.15) is 17.5 Å². The summed E-state index contributed by atoms with van der Waals surface area (Å²) in [5, 5.41) is 3.24. The molecular formula is C14H19N5O. The minimum Gasteiger partial charge on any atom is -0.481 e. The van der Waals surface area contributed by atoms with Gasteiger partial charge in [0.15, 0.2) is 0 Å². The number of hydrogen-bond donors (Lipinski definition) is 2. The first-order valence-corrected chi connectivity index (χ1v) is 6.57. The zero-order chi connectivity index (χ0) is 14.4. The molecule has 0 aliphatic carbocycles. The number of pyridine rings is 1. The van der Waals surface area contributed by atoms with Crippen LogP contribution >= 0.6 is 0 Å². The third kappa shape index (κ3) is 3.81. The van der Waals surface area contributed by atoms with Crippen molar-refractivity contribution >= 4 is 11.6 Å². The van der Waals surface area contributed by atoms with E-state index in [1.807, 2.05) is 12.1 Å². The van der Waals surface area contributed by atoms with Gasteiger partial charge in [0.2, 0.25) is 5.88 Å². The van der Waals surface area contributed by atoms with Crippen LogP contribution in [0.4, 0.5) is 11.6 Å². The van der Waals surface area contributed by atoms with E-state index in [9.17, 15) is 0 Å². The summed E-state index contributed by atoms with van der Waals surface area (Å²) in [6.45, 7) is 2.71. The van der Waals surface area contributed by atoms with E-state index < -0.39 is 0 Å². The summed E-state index contributed by atoms with van der Waals surface area (Å²) in [6.07, 6.45) is 3.53. The van der Waals surface area contributed by atoms with Crippen molar-refractivity contribution in [3.05, 3.63) is 35.8 Å². The summed E-state index contributed by atoms with van der Waals surface area (Å²) in [5.41, 5.74) is 6.84. The molecule has 0 fully saturated rings. The second-order valence-electron chi connectivity index (χ2n) is 4.40. The molecule has 20 heavy (non-hydrogen) atoms. The van der Waals surface area contributed by atoms with E-state index in [0.29, 0.717) is 18.2 Å². The molecule has 3 N–H and O–H groups in total. The number of rotatable bonds is 6. The third-order valence-corrected chi connectivity index (χ3v) is 2.75. The number of aryl methyl sites for hydroxylation is 1. The Bertz CT molecular complexity index is 573. The fourth-order valence-corrected chi connectivity index (χ4v) is 1.81. The average Bonchev–Trinajstić information content (AvgIpc) is 2.45. The SMILES string of the molecule is CCCc1nc(N)cc(NCc2ccnc(OC)c2)n1. The Morgan fingerprint density at radius 2 is 2.15 bits per heavy atom. The number of ether oxygens (including phenoxy) is 1.